The lowest BCUT2D eigenvalue weighted by atomic mass is 10.00. The van der Waals surface area contributed by atoms with Crippen LogP contribution in [-0.2, 0) is 9.53 Å². The zero-order valence-corrected chi connectivity index (χ0v) is 15.7. The van der Waals surface area contributed by atoms with Gasteiger partial charge in [0.2, 0.25) is 0 Å². The third-order valence-electron chi connectivity index (χ3n) is 4.81. The summed E-state index contributed by atoms with van der Waals surface area (Å²) in [5.41, 5.74) is 3.49. The van der Waals surface area contributed by atoms with Crippen LogP contribution in [0.5, 0.6) is 0 Å². The molecule has 28 heavy (non-hydrogen) atoms. The molecule has 0 fully saturated rings. The maximum absolute atomic E-state index is 12.8. The number of hydrogen-bond acceptors (Lipinski definition) is 4. The van der Waals surface area contributed by atoms with Crippen molar-refractivity contribution in [1.82, 2.24) is 0 Å². The van der Waals surface area contributed by atoms with E-state index >= 15 is 0 Å². The van der Waals surface area contributed by atoms with Gasteiger partial charge >= 0.3 is 5.97 Å². The van der Waals surface area contributed by atoms with Gasteiger partial charge in [-0.05, 0) is 30.2 Å². The summed E-state index contributed by atoms with van der Waals surface area (Å²) in [4.78, 5) is 19.9. The Balaban J connectivity index is 1.88. The number of esters is 1. The van der Waals surface area contributed by atoms with Gasteiger partial charge < -0.3 is 9.64 Å². The molecule has 1 heterocycles. The van der Waals surface area contributed by atoms with Crippen LogP contribution in [0, 0.1) is 0 Å². The quantitative estimate of drug-likeness (QED) is 0.597. The predicted molar refractivity (Wildman–Crippen MR) is 111 cm³/mol. The lowest BCUT2D eigenvalue weighted by Crippen LogP contribution is -2.33. The second kappa shape index (κ2) is 8.09. The van der Waals surface area contributed by atoms with Crippen LogP contribution >= 0.6 is 0 Å². The van der Waals surface area contributed by atoms with Crippen LogP contribution in [0.1, 0.15) is 30.3 Å². The van der Waals surface area contributed by atoms with Crippen LogP contribution in [-0.4, -0.2) is 18.3 Å². The SMILES string of the molecule is CCOC(=O)C1=N[C@H](c2ccccc2)N(c2ccccc2)[C@@H]1c1ccccc1. The van der Waals surface area contributed by atoms with Crippen molar-refractivity contribution < 1.29 is 9.53 Å². The van der Waals surface area contributed by atoms with Crippen molar-refractivity contribution >= 4 is 17.4 Å². The molecule has 4 nitrogen and oxygen atoms in total. The van der Waals surface area contributed by atoms with Crippen molar-refractivity contribution in [1.29, 1.82) is 0 Å². The van der Waals surface area contributed by atoms with Crippen LogP contribution in [0.3, 0.4) is 0 Å². The van der Waals surface area contributed by atoms with E-state index < -0.39 is 0 Å². The van der Waals surface area contributed by atoms with E-state index in [0.29, 0.717) is 12.3 Å². The summed E-state index contributed by atoms with van der Waals surface area (Å²) in [6.45, 7) is 2.13. The first-order chi connectivity index (χ1) is 13.8. The van der Waals surface area contributed by atoms with Crippen molar-refractivity contribution in [3.05, 3.63) is 102 Å². The van der Waals surface area contributed by atoms with E-state index in [-0.39, 0.29) is 18.2 Å². The molecule has 1 aliphatic rings. The summed E-state index contributed by atoms with van der Waals surface area (Å²) in [5.74, 6) is -0.365. The highest BCUT2D eigenvalue weighted by atomic mass is 16.5. The number of carbonyl (C=O) groups is 1. The number of para-hydroxylation sites is 1. The molecule has 0 N–H and O–H groups in total. The number of aliphatic imine (C=N–C) groups is 1. The smallest absolute Gasteiger partial charge is 0.354 e. The van der Waals surface area contributed by atoms with Gasteiger partial charge in [0.05, 0.1) is 6.61 Å². The van der Waals surface area contributed by atoms with E-state index in [4.69, 9.17) is 9.73 Å². The van der Waals surface area contributed by atoms with E-state index in [9.17, 15) is 4.79 Å². The third-order valence-corrected chi connectivity index (χ3v) is 4.81. The van der Waals surface area contributed by atoms with Gasteiger partial charge in [-0.2, -0.15) is 0 Å². The first-order valence-electron chi connectivity index (χ1n) is 9.47. The van der Waals surface area contributed by atoms with Crippen LogP contribution < -0.4 is 4.90 Å². The van der Waals surface area contributed by atoms with E-state index in [2.05, 4.69) is 17.0 Å². The second-order valence-corrected chi connectivity index (χ2v) is 6.58. The van der Waals surface area contributed by atoms with Crippen molar-refractivity contribution in [2.24, 2.45) is 4.99 Å². The fourth-order valence-corrected chi connectivity index (χ4v) is 3.61. The van der Waals surface area contributed by atoms with Crippen molar-refractivity contribution in [3.8, 4) is 0 Å². The Morgan fingerprint density at radius 1 is 0.857 bits per heavy atom. The maximum atomic E-state index is 12.8. The zero-order valence-electron chi connectivity index (χ0n) is 15.7. The molecule has 3 aromatic carbocycles. The first-order valence-corrected chi connectivity index (χ1v) is 9.47. The molecule has 4 rings (SSSR count). The van der Waals surface area contributed by atoms with E-state index in [1.165, 1.54) is 0 Å². The van der Waals surface area contributed by atoms with Gasteiger partial charge in [0.15, 0.2) is 0 Å². The average Bonchev–Trinajstić information content (AvgIpc) is 3.16. The summed E-state index contributed by atoms with van der Waals surface area (Å²) >= 11 is 0. The molecule has 0 radical (unpaired) electrons. The molecular formula is C24H22N2O2. The van der Waals surface area contributed by atoms with Crippen LogP contribution in [0.4, 0.5) is 5.69 Å². The molecule has 0 saturated carbocycles. The second-order valence-electron chi connectivity index (χ2n) is 6.58. The van der Waals surface area contributed by atoms with Crippen molar-refractivity contribution in [3.63, 3.8) is 0 Å². The molecule has 0 bridgehead atoms. The average molecular weight is 370 g/mol. The molecule has 1 aliphatic heterocycles. The highest BCUT2D eigenvalue weighted by molar-refractivity contribution is 6.40. The largest absolute Gasteiger partial charge is 0.461 e. The lowest BCUT2D eigenvalue weighted by Gasteiger charge is -2.32. The molecular weight excluding hydrogens is 348 g/mol. The number of anilines is 1. The Morgan fingerprint density at radius 2 is 1.39 bits per heavy atom. The standard InChI is InChI=1S/C24H22N2O2/c1-2-28-24(27)21-22(18-12-6-3-7-13-18)26(20-16-10-5-11-17-20)23(25-21)19-14-8-4-9-15-19/h3-17,22-23H,2H2,1H3/t22-,23+/m1/s1. The zero-order chi connectivity index (χ0) is 19.3. The minimum Gasteiger partial charge on any atom is -0.461 e. The fourth-order valence-electron chi connectivity index (χ4n) is 3.61. The van der Waals surface area contributed by atoms with Gasteiger partial charge in [0.25, 0.3) is 0 Å². The monoisotopic (exact) mass is 370 g/mol. The maximum Gasteiger partial charge on any atom is 0.354 e. The number of nitrogens with zero attached hydrogens (tertiary/aromatic N) is 2. The Labute approximate surface area is 165 Å². The normalized spacial score (nSPS) is 18.6. The molecule has 0 amide bonds. The Hall–Kier alpha value is -3.40. The third kappa shape index (κ3) is 3.41. The number of rotatable bonds is 5. The minimum atomic E-state index is -0.365. The summed E-state index contributed by atoms with van der Waals surface area (Å²) in [6.07, 6.45) is -0.298. The lowest BCUT2D eigenvalue weighted by molar-refractivity contribution is -0.135. The summed E-state index contributed by atoms with van der Waals surface area (Å²) in [7, 11) is 0. The summed E-state index contributed by atoms with van der Waals surface area (Å²) in [6, 6.07) is 29.8. The number of ether oxygens (including phenoxy) is 1. The highest BCUT2D eigenvalue weighted by Crippen LogP contribution is 2.42. The van der Waals surface area contributed by atoms with Gasteiger partial charge in [0.1, 0.15) is 17.9 Å². The fraction of sp³-hybridized carbons (Fsp3) is 0.167. The Bertz CT molecular complexity index is 956. The van der Waals surface area contributed by atoms with E-state index in [1.807, 2.05) is 85.8 Å². The number of hydrogen-bond donors (Lipinski definition) is 0. The number of carbonyl (C=O) groups excluding carboxylic acids is 1. The van der Waals surface area contributed by atoms with Gasteiger partial charge in [-0.3, -0.25) is 0 Å². The predicted octanol–water partition coefficient (Wildman–Crippen LogP) is 4.95. The Morgan fingerprint density at radius 3 is 1.96 bits per heavy atom. The highest BCUT2D eigenvalue weighted by Gasteiger charge is 2.41. The summed E-state index contributed by atoms with van der Waals surface area (Å²) < 4.78 is 5.35. The Kier molecular flexibility index (Phi) is 5.20. The van der Waals surface area contributed by atoms with Crippen molar-refractivity contribution in [2.45, 2.75) is 19.1 Å². The van der Waals surface area contributed by atoms with E-state index in [0.717, 1.165) is 16.8 Å². The van der Waals surface area contributed by atoms with Crippen LogP contribution in [0.2, 0.25) is 0 Å². The first kappa shape index (κ1) is 18.0. The number of benzene rings is 3. The van der Waals surface area contributed by atoms with Gasteiger partial charge in [-0.1, -0.05) is 78.9 Å². The molecule has 140 valence electrons. The molecule has 0 aliphatic carbocycles. The molecule has 4 heteroatoms. The molecule has 0 unspecified atom stereocenters. The van der Waals surface area contributed by atoms with Crippen LogP contribution in [0.15, 0.2) is 96.0 Å². The topological polar surface area (TPSA) is 41.9 Å². The van der Waals surface area contributed by atoms with Crippen LogP contribution in [0.25, 0.3) is 0 Å². The van der Waals surface area contributed by atoms with Gasteiger partial charge in [0, 0.05) is 5.69 Å². The van der Waals surface area contributed by atoms with Gasteiger partial charge in [-0.25, -0.2) is 9.79 Å². The molecule has 0 saturated heterocycles. The molecule has 2 atom stereocenters. The van der Waals surface area contributed by atoms with E-state index in [1.54, 1.807) is 0 Å². The van der Waals surface area contributed by atoms with Crippen molar-refractivity contribution in [2.75, 3.05) is 11.5 Å². The molecule has 0 aromatic heterocycles. The summed E-state index contributed by atoms with van der Waals surface area (Å²) in [5, 5.41) is 0. The molecule has 0 spiro atoms. The molecule has 3 aromatic rings. The minimum absolute atomic E-state index is 0.298. The van der Waals surface area contributed by atoms with Gasteiger partial charge in [-0.15, -0.1) is 0 Å².